The summed E-state index contributed by atoms with van der Waals surface area (Å²) in [5, 5.41) is 8.96. The summed E-state index contributed by atoms with van der Waals surface area (Å²) in [6.45, 7) is 6.11. The zero-order valence-electron chi connectivity index (χ0n) is 12.8. The van der Waals surface area contributed by atoms with E-state index < -0.39 is 0 Å². The lowest BCUT2D eigenvalue weighted by Gasteiger charge is -2.30. The van der Waals surface area contributed by atoms with E-state index in [9.17, 15) is 0 Å². The molecule has 2 atom stereocenters. The number of nitrogens with two attached hydrogens (primary N) is 1. The fraction of sp³-hybridized carbons (Fsp3) is 0.643. The largest absolute Gasteiger partial charge is 0.389 e. The third-order valence-electron chi connectivity index (χ3n) is 4.00. The Morgan fingerprint density at radius 1 is 1.43 bits per heavy atom. The van der Waals surface area contributed by atoms with Crippen LogP contribution in [0.2, 0.25) is 0 Å². The molecule has 5 nitrogen and oxygen atoms in total. The first-order chi connectivity index (χ1) is 9.99. The highest BCUT2D eigenvalue weighted by Crippen LogP contribution is 2.23. The average Bonchev–Trinajstić information content (AvgIpc) is 2.78. The molecule has 1 aromatic heterocycles. The van der Waals surface area contributed by atoms with Crippen molar-refractivity contribution in [3.8, 4) is 0 Å². The smallest absolute Gasteiger partial charge is 0.187 e. The third-order valence-corrected chi connectivity index (χ3v) is 4.98. The van der Waals surface area contributed by atoms with E-state index in [4.69, 9.17) is 18.0 Å². The maximum Gasteiger partial charge on any atom is 0.187 e. The van der Waals surface area contributed by atoms with Crippen LogP contribution in [0.15, 0.2) is 5.10 Å². The van der Waals surface area contributed by atoms with Crippen LogP contribution in [0.25, 0.3) is 0 Å². The molecule has 1 aromatic rings. The van der Waals surface area contributed by atoms with Gasteiger partial charge in [-0.1, -0.05) is 19.8 Å². The Balaban J connectivity index is 1.92. The number of aromatic nitrogens is 1. The van der Waals surface area contributed by atoms with Gasteiger partial charge in [0.05, 0.1) is 17.0 Å². The second-order valence-electron chi connectivity index (χ2n) is 5.66. The molecule has 4 N–H and O–H groups in total. The fourth-order valence-corrected chi connectivity index (χ4v) is 3.66. The van der Waals surface area contributed by atoms with Crippen molar-refractivity contribution in [3.05, 3.63) is 11.3 Å². The summed E-state index contributed by atoms with van der Waals surface area (Å²) in [5.74, 6) is 0.655. The number of hydrogen-bond acceptors (Lipinski definition) is 5. The van der Waals surface area contributed by atoms with Crippen molar-refractivity contribution in [2.75, 3.05) is 5.73 Å². The number of hydrogen-bond donors (Lipinski definition) is 3. The maximum absolute atomic E-state index is 5.92. The van der Waals surface area contributed by atoms with Crippen LogP contribution in [0.3, 0.4) is 0 Å². The molecular weight excluding hydrogens is 302 g/mol. The number of nitrogens with one attached hydrogen (secondary N) is 2. The van der Waals surface area contributed by atoms with Crippen LogP contribution < -0.4 is 16.5 Å². The van der Waals surface area contributed by atoms with Crippen molar-refractivity contribution in [1.82, 2.24) is 15.1 Å². The third kappa shape index (κ3) is 4.14. The molecule has 7 heteroatoms. The van der Waals surface area contributed by atoms with E-state index in [1.165, 1.54) is 37.2 Å². The van der Waals surface area contributed by atoms with Crippen molar-refractivity contribution in [2.24, 2.45) is 11.0 Å². The number of nitrogens with zero attached hydrogens (tertiary/aromatic N) is 2. The first kappa shape index (κ1) is 16.2. The monoisotopic (exact) mass is 325 g/mol. The highest BCUT2D eigenvalue weighted by atomic mass is 32.1. The van der Waals surface area contributed by atoms with Crippen molar-refractivity contribution in [3.63, 3.8) is 0 Å². The zero-order chi connectivity index (χ0) is 15.4. The van der Waals surface area contributed by atoms with E-state index in [0.29, 0.717) is 22.1 Å². The fourth-order valence-electron chi connectivity index (χ4n) is 2.75. The molecule has 0 saturated heterocycles. The lowest BCUT2D eigenvalue weighted by molar-refractivity contribution is 0.308. The normalized spacial score (nSPS) is 22.9. The van der Waals surface area contributed by atoms with E-state index in [1.54, 1.807) is 0 Å². The van der Waals surface area contributed by atoms with Crippen molar-refractivity contribution in [1.29, 1.82) is 0 Å². The van der Waals surface area contributed by atoms with E-state index in [1.807, 2.05) is 13.8 Å². The van der Waals surface area contributed by atoms with E-state index in [-0.39, 0.29) is 0 Å². The number of rotatable bonds is 3. The van der Waals surface area contributed by atoms with Gasteiger partial charge in [-0.15, -0.1) is 0 Å². The Morgan fingerprint density at radius 2 is 2.14 bits per heavy atom. The Kier molecular flexibility index (Phi) is 5.52. The van der Waals surface area contributed by atoms with Crippen LogP contribution in [-0.2, 0) is 0 Å². The van der Waals surface area contributed by atoms with Gasteiger partial charge in [-0.2, -0.15) is 9.47 Å². The number of thiocarbonyl (C=S) groups is 1. The SMILES string of the molecule is C/C(=N/NC(=S)N[C@H]1CCCC[C@H]1C)c1c(C)nsc1N. The van der Waals surface area contributed by atoms with Crippen molar-refractivity contribution >= 4 is 39.6 Å². The Morgan fingerprint density at radius 3 is 2.76 bits per heavy atom. The number of nitrogen functional groups attached to an aromatic ring is 1. The first-order valence-electron chi connectivity index (χ1n) is 7.32. The van der Waals surface area contributed by atoms with Gasteiger partial charge < -0.3 is 11.1 Å². The predicted octanol–water partition coefficient (Wildman–Crippen LogP) is 2.80. The minimum Gasteiger partial charge on any atom is -0.389 e. The number of hydrazone groups is 1. The van der Waals surface area contributed by atoms with Crippen LogP contribution in [0, 0.1) is 12.8 Å². The summed E-state index contributed by atoms with van der Waals surface area (Å²) in [5.41, 5.74) is 11.5. The zero-order valence-corrected chi connectivity index (χ0v) is 14.4. The molecule has 2 rings (SSSR count). The van der Waals surface area contributed by atoms with Crippen molar-refractivity contribution < 1.29 is 0 Å². The predicted molar refractivity (Wildman–Crippen MR) is 93.8 cm³/mol. The van der Waals surface area contributed by atoms with Crippen LogP contribution in [0.1, 0.15) is 50.8 Å². The summed E-state index contributed by atoms with van der Waals surface area (Å²) < 4.78 is 4.23. The molecule has 1 saturated carbocycles. The quantitative estimate of drug-likeness (QED) is 0.453. The molecular formula is C14H23N5S2. The minimum atomic E-state index is 0.448. The van der Waals surface area contributed by atoms with Crippen LogP contribution >= 0.6 is 23.8 Å². The summed E-state index contributed by atoms with van der Waals surface area (Å²) in [6.07, 6.45) is 5.02. The van der Waals surface area contributed by atoms with Crippen LogP contribution in [0.4, 0.5) is 5.00 Å². The molecule has 0 spiro atoms. The van der Waals surface area contributed by atoms with Gasteiger partial charge in [0.25, 0.3) is 0 Å². The summed E-state index contributed by atoms with van der Waals surface area (Å²) in [4.78, 5) is 0. The lowest BCUT2D eigenvalue weighted by Crippen LogP contribution is -2.44. The second kappa shape index (κ2) is 7.17. The molecule has 21 heavy (non-hydrogen) atoms. The van der Waals surface area contributed by atoms with Gasteiger partial charge in [-0.3, -0.25) is 5.43 Å². The molecule has 0 aromatic carbocycles. The molecule has 0 bridgehead atoms. The average molecular weight is 326 g/mol. The maximum atomic E-state index is 5.92. The molecule has 1 aliphatic rings. The summed E-state index contributed by atoms with van der Waals surface area (Å²) >= 11 is 6.62. The highest BCUT2D eigenvalue weighted by Gasteiger charge is 2.21. The molecule has 0 unspecified atom stereocenters. The molecule has 1 fully saturated rings. The van der Waals surface area contributed by atoms with Gasteiger partial charge >= 0.3 is 0 Å². The Labute approximate surface area is 135 Å². The van der Waals surface area contributed by atoms with E-state index in [0.717, 1.165) is 17.0 Å². The van der Waals surface area contributed by atoms with Gasteiger partial charge in [0, 0.05) is 6.04 Å². The first-order valence-corrected chi connectivity index (χ1v) is 8.50. The molecule has 116 valence electrons. The number of anilines is 1. The second-order valence-corrected chi connectivity index (χ2v) is 6.87. The molecule has 1 aliphatic carbocycles. The Bertz CT molecular complexity index is 518. The minimum absolute atomic E-state index is 0.448. The van der Waals surface area contributed by atoms with Crippen molar-refractivity contribution in [2.45, 2.75) is 52.5 Å². The molecule has 0 radical (unpaired) electrons. The molecule has 1 heterocycles. The van der Waals surface area contributed by atoms with Gasteiger partial charge in [0.1, 0.15) is 5.00 Å². The summed E-state index contributed by atoms with van der Waals surface area (Å²) in [7, 11) is 0. The van der Waals surface area contributed by atoms with Gasteiger partial charge in [0.2, 0.25) is 0 Å². The summed E-state index contributed by atoms with van der Waals surface area (Å²) in [6, 6.07) is 0.448. The van der Waals surface area contributed by atoms with Gasteiger partial charge in [0.15, 0.2) is 5.11 Å². The molecule has 0 aliphatic heterocycles. The number of aryl methyl sites for hydroxylation is 1. The van der Waals surface area contributed by atoms with E-state index in [2.05, 4.69) is 27.1 Å². The Hall–Kier alpha value is -1.21. The lowest BCUT2D eigenvalue weighted by atomic mass is 9.86. The van der Waals surface area contributed by atoms with Gasteiger partial charge in [-0.05, 0) is 56.4 Å². The standard InChI is InChI=1S/C14H23N5S2/c1-8-6-4-5-7-11(8)16-14(20)18-17-9(2)12-10(3)19-21-13(12)15/h8,11H,4-7,15H2,1-3H3,(H2,16,18,20)/b17-9-/t8-,11+/m1/s1. The topological polar surface area (TPSA) is 75.3 Å². The molecule has 0 amide bonds. The highest BCUT2D eigenvalue weighted by molar-refractivity contribution is 7.80. The van der Waals surface area contributed by atoms with Crippen LogP contribution in [0.5, 0.6) is 0 Å². The van der Waals surface area contributed by atoms with Crippen LogP contribution in [-0.4, -0.2) is 21.2 Å². The van der Waals surface area contributed by atoms with Gasteiger partial charge in [-0.25, -0.2) is 0 Å². The van der Waals surface area contributed by atoms with E-state index >= 15 is 0 Å².